The molecule has 1 aliphatic rings. The van der Waals surface area contributed by atoms with E-state index in [-0.39, 0.29) is 6.04 Å². The van der Waals surface area contributed by atoms with Gasteiger partial charge >= 0.3 is 5.97 Å². The lowest BCUT2D eigenvalue weighted by molar-refractivity contribution is -0.143. The Labute approximate surface area is 113 Å². The summed E-state index contributed by atoms with van der Waals surface area (Å²) in [4.78, 5) is 19.7. The molecule has 1 aromatic rings. The molecule has 1 fully saturated rings. The fourth-order valence-electron chi connectivity index (χ4n) is 2.44. The van der Waals surface area contributed by atoms with Gasteiger partial charge in [0.15, 0.2) is 0 Å². The molecule has 2 rings (SSSR count). The van der Waals surface area contributed by atoms with Crippen molar-refractivity contribution in [2.45, 2.75) is 33.0 Å². The van der Waals surface area contributed by atoms with Gasteiger partial charge in [0, 0.05) is 45.1 Å². The minimum Gasteiger partial charge on any atom is -0.480 e. The van der Waals surface area contributed by atoms with Gasteiger partial charge in [-0.3, -0.25) is 14.6 Å². The number of imidazole rings is 1. The van der Waals surface area contributed by atoms with Gasteiger partial charge in [-0.2, -0.15) is 0 Å². The summed E-state index contributed by atoms with van der Waals surface area (Å²) in [6, 6.07) is -0.389. The van der Waals surface area contributed by atoms with Crippen molar-refractivity contribution in [2.24, 2.45) is 0 Å². The van der Waals surface area contributed by atoms with Crippen molar-refractivity contribution in [3.8, 4) is 0 Å². The highest BCUT2D eigenvalue weighted by Gasteiger charge is 2.25. The molecule has 6 heteroatoms. The molecule has 0 aromatic carbocycles. The first-order valence-electron chi connectivity index (χ1n) is 6.81. The molecular formula is C13H22N4O2. The van der Waals surface area contributed by atoms with Crippen LogP contribution in [0.1, 0.15) is 19.7 Å². The van der Waals surface area contributed by atoms with Gasteiger partial charge in [0.05, 0.1) is 6.54 Å². The van der Waals surface area contributed by atoms with Crippen molar-refractivity contribution in [2.75, 3.05) is 26.2 Å². The first-order chi connectivity index (χ1) is 9.11. The monoisotopic (exact) mass is 266 g/mol. The quantitative estimate of drug-likeness (QED) is 0.840. The highest BCUT2D eigenvalue weighted by Crippen LogP contribution is 2.10. The van der Waals surface area contributed by atoms with Gasteiger partial charge in [-0.05, 0) is 13.8 Å². The summed E-state index contributed by atoms with van der Waals surface area (Å²) in [6.07, 6.45) is 3.83. The van der Waals surface area contributed by atoms with E-state index in [0.29, 0.717) is 0 Å². The molecule has 0 radical (unpaired) electrons. The van der Waals surface area contributed by atoms with Gasteiger partial charge in [0.1, 0.15) is 11.9 Å². The Morgan fingerprint density at radius 2 is 2.11 bits per heavy atom. The van der Waals surface area contributed by atoms with Crippen LogP contribution in [0, 0.1) is 0 Å². The minimum absolute atomic E-state index is 0.389. The first-order valence-corrected chi connectivity index (χ1v) is 6.81. The Balaban J connectivity index is 1.85. The highest BCUT2D eigenvalue weighted by atomic mass is 16.4. The molecule has 1 unspecified atom stereocenters. The summed E-state index contributed by atoms with van der Waals surface area (Å²) in [5.41, 5.74) is 0. The smallest absolute Gasteiger partial charge is 0.320 e. The highest BCUT2D eigenvalue weighted by molar-refractivity contribution is 5.72. The molecule has 1 saturated heterocycles. The van der Waals surface area contributed by atoms with E-state index in [2.05, 4.69) is 21.4 Å². The predicted molar refractivity (Wildman–Crippen MR) is 71.8 cm³/mol. The Morgan fingerprint density at radius 1 is 1.42 bits per heavy atom. The van der Waals surface area contributed by atoms with Gasteiger partial charge in [-0.15, -0.1) is 0 Å². The SMILES string of the molecule is CCn1ccnc1CN1CCN(C(C)C(=O)O)CC1. The molecule has 19 heavy (non-hydrogen) atoms. The standard InChI is InChI=1S/C13H22N4O2/c1-3-16-5-4-14-12(16)10-15-6-8-17(9-7-15)11(2)13(18)19/h4-5,11H,3,6-10H2,1-2H3,(H,18,19). The fourth-order valence-corrected chi connectivity index (χ4v) is 2.44. The number of aromatic nitrogens is 2. The summed E-state index contributed by atoms with van der Waals surface area (Å²) in [5.74, 6) is 0.345. The Hall–Kier alpha value is -1.40. The van der Waals surface area contributed by atoms with Crippen LogP contribution in [0.15, 0.2) is 12.4 Å². The molecule has 0 aliphatic carbocycles. The maximum atomic E-state index is 11.0. The van der Waals surface area contributed by atoms with Gasteiger partial charge in [0.25, 0.3) is 0 Å². The molecule has 0 amide bonds. The molecule has 1 atom stereocenters. The maximum Gasteiger partial charge on any atom is 0.320 e. The van der Waals surface area contributed by atoms with Crippen molar-refractivity contribution in [1.29, 1.82) is 0 Å². The van der Waals surface area contributed by atoms with Gasteiger partial charge in [-0.1, -0.05) is 0 Å². The lowest BCUT2D eigenvalue weighted by Crippen LogP contribution is -2.51. The molecule has 6 nitrogen and oxygen atoms in total. The Morgan fingerprint density at radius 3 is 2.68 bits per heavy atom. The van der Waals surface area contributed by atoms with Gasteiger partial charge in [-0.25, -0.2) is 4.98 Å². The van der Waals surface area contributed by atoms with E-state index in [0.717, 1.165) is 45.1 Å². The summed E-state index contributed by atoms with van der Waals surface area (Å²) in [7, 11) is 0. The second-order valence-corrected chi connectivity index (χ2v) is 4.96. The summed E-state index contributed by atoms with van der Waals surface area (Å²) >= 11 is 0. The minimum atomic E-state index is -0.741. The van der Waals surface area contributed by atoms with E-state index in [1.54, 1.807) is 6.92 Å². The molecule has 1 aliphatic heterocycles. The normalized spacial score (nSPS) is 19.5. The maximum absolute atomic E-state index is 11.0. The van der Waals surface area contributed by atoms with E-state index < -0.39 is 5.97 Å². The lowest BCUT2D eigenvalue weighted by atomic mass is 10.2. The number of aliphatic carboxylic acids is 1. The molecule has 1 N–H and O–H groups in total. The molecule has 0 bridgehead atoms. The first kappa shape index (κ1) is 14.0. The van der Waals surface area contributed by atoms with Crippen LogP contribution in [0.5, 0.6) is 0 Å². The van der Waals surface area contributed by atoms with Crippen LogP contribution < -0.4 is 0 Å². The number of hydrogen-bond acceptors (Lipinski definition) is 4. The van der Waals surface area contributed by atoms with E-state index in [4.69, 9.17) is 5.11 Å². The van der Waals surface area contributed by atoms with Crippen molar-refractivity contribution >= 4 is 5.97 Å². The number of piperazine rings is 1. The average Bonchev–Trinajstić information content (AvgIpc) is 2.86. The number of aryl methyl sites for hydroxylation is 1. The predicted octanol–water partition coefficient (Wildman–Crippen LogP) is 0.494. The van der Waals surface area contributed by atoms with Crippen LogP contribution in [-0.4, -0.2) is 62.6 Å². The second kappa shape index (κ2) is 6.16. The number of rotatable bonds is 5. The molecule has 2 heterocycles. The van der Waals surface area contributed by atoms with Crippen molar-refractivity contribution < 1.29 is 9.90 Å². The van der Waals surface area contributed by atoms with Crippen LogP contribution in [-0.2, 0) is 17.9 Å². The molecular weight excluding hydrogens is 244 g/mol. The lowest BCUT2D eigenvalue weighted by Gasteiger charge is -2.36. The third-order valence-corrected chi connectivity index (χ3v) is 3.82. The summed E-state index contributed by atoms with van der Waals surface area (Å²) in [6.45, 7) is 9.05. The van der Waals surface area contributed by atoms with E-state index >= 15 is 0 Å². The zero-order valence-corrected chi connectivity index (χ0v) is 11.6. The fraction of sp³-hybridized carbons (Fsp3) is 0.692. The molecule has 0 saturated carbocycles. The summed E-state index contributed by atoms with van der Waals surface area (Å²) in [5, 5.41) is 9.01. The van der Waals surface area contributed by atoms with Crippen molar-refractivity contribution in [3.05, 3.63) is 18.2 Å². The van der Waals surface area contributed by atoms with Crippen LogP contribution in [0.3, 0.4) is 0 Å². The number of carbonyl (C=O) groups is 1. The van der Waals surface area contributed by atoms with Gasteiger partial charge in [0.2, 0.25) is 0 Å². The zero-order valence-electron chi connectivity index (χ0n) is 11.6. The topological polar surface area (TPSA) is 61.6 Å². The number of carboxylic acid groups (broad SMARTS) is 1. The molecule has 0 spiro atoms. The third-order valence-electron chi connectivity index (χ3n) is 3.82. The average molecular weight is 266 g/mol. The number of nitrogens with zero attached hydrogens (tertiary/aromatic N) is 4. The van der Waals surface area contributed by atoms with E-state index in [9.17, 15) is 4.79 Å². The van der Waals surface area contributed by atoms with E-state index in [1.807, 2.05) is 17.3 Å². The van der Waals surface area contributed by atoms with Crippen LogP contribution in [0.4, 0.5) is 0 Å². The Kier molecular flexibility index (Phi) is 4.55. The number of carboxylic acids is 1. The van der Waals surface area contributed by atoms with Gasteiger partial charge < -0.3 is 9.67 Å². The number of hydrogen-bond donors (Lipinski definition) is 1. The van der Waals surface area contributed by atoms with Crippen LogP contribution >= 0.6 is 0 Å². The third kappa shape index (κ3) is 3.33. The summed E-state index contributed by atoms with van der Waals surface area (Å²) < 4.78 is 2.15. The van der Waals surface area contributed by atoms with Crippen LogP contribution in [0.25, 0.3) is 0 Å². The van der Waals surface area contributed by atoms with Crippen molar-refractivity contribution in [3.63, 3.8) is 0 Å². The zero-order chi connectivity index (χ0) is 13.8. The molecule has 1 aromatic heterocycles. The van der Waals surface area contributed by atoms with Crippen LogP contribution in [0.2, 0.25) is 0 Å². The van der Waals surface area contributed by atoms with Crippen molar-refractivity contribution in [1.82, 2.24) is 19.4 Å². The Bertz CT molecular complexity index is 424. The second-order valence-electron chi connectivity index (χ2n) is 4.96. The van der Waals surface area contributed by atoms with E-state index in [1.165, 1.54) is 0 Å². The largest absolute Gasteiger partial charge is 0.480 e. The molecule has 106 valence electrons.